The highest BCUT2D eigenvalue weighted by Crippen LogP contribution is 2.28. The summed E-state index contributed by atoms with van der Waals surface area (Å²) in [6.07, 6.45) is 5.54. The first-order chi connectivity index (χ1) is 18.4. The number of allylic oxidation sites excluding steroid dienone is 2. The zero-order valence-corrected chi connectivity index (χ0v) is 19.7. The smallest absolute Gasteiger partial charge is 0.410 e. The SMILES string of the molecule is [2H]C([2H])([2H])OC(=O)N/C=C/CCCc1cc([O-])c(C(=O)/C(C)=C/c2cnc(Oc3ccc(F)cc3)s2)c(=O)o1. The summed E-state index contributed by atoms with van der Waals surface area (Å²) in [6.45, 7) is 1.45. The highest BCUT2D eigenvalue weighted by Gasteiger charge is 2.17. The molecule has 0 bridgehead atoms. The van der Waals surface area contributed by atoms with E-state index in [1.807, 2.05) is 0 Å². The Kier molecular flexibility index (Phi) is 7.69. The van der Waals surface area contributed by atoms with E-state index in [-0.39, 0.29) is 22.9 Å². The number of halogens is 1. The fourth-order valence-electron chi connectivity index (χ4n) is 2.94. The summed E-state index contributed by atoms with van der Waals surface area (Å²) in [5.41, 5.74) is -1.56. The van der Waals surface area contributed by atoms with Crippen LogP contribution in [0.15, 0.2) is 63.6 Å². The molecule has 0 aliphatic rings. The standard InChI is InChI=1S/C25H23FN2O7S/c1-15(12-19-14-28-25(36-19)35-17-9-7-16(26)8-10-17)22(30)21-20(29)13-18(34-23(21)31)6-4-3-5-11-27-24(32)33-2/h5,7-14,29H,3-4,6H2,1-2H3,(H,27,32)/p-1/b11-5+,15-12+/i2D3. The van der Waals surface area contributed by atoms with Gasteiger partial charge in [0, 0.05) is 18.8 Å². The monoisotopic (exact) mass is 516 g/mol. The number of nitrogens with zero attached hydrogens (tertiary/aromatic N) is 1. The van der Waals surface area contributed by atoms with Gasteiger partial charge in [0.2, 0.25) is 0 Å². The number of nitrogens with one attached hydrogen (secondary N) is 1. The van der Waals surface area contributed by atoms with E-state index in [0.29, 0.717) is 23.5 Å². The molecule has 188 valence electrons. The largest absolute Gasteiger partial charge is 0.872 e. The number of hydrogen-bond acceptors (Lipinski definition) is 9. The Bertz CT molecular complexity index is 1450. The number of aromatic nitrogens is 1. The minimum atomic E-state index is -2.85. The Morgan fingerprint density at radius 3 is 2.83 bits per heavy atom. The van der Waals surface area contributed by atoms with E-state index < -0.39 is 41.7 Å². The summed E-state index contributed by atoms with van der Waals surface area (Å²) in [6, 6.07) is 6.45. The van der Waals surface area contributed by atoms with Gasteiger partial charge in [0.15, 0.2) is 5.78 Å². The van der Waals surface area contributed by atoms with E-state index >= 15 is 0 Å². The summed E-state index contributed by atoms with van der Waals surface area (Å²) in [7, 11) is -2.85. The van der Waals surface area contributed by atoms with Gasteiger partial charge in [0.05, 0.1) is 21.6 Å². The third kappa shape index (κ3) is 7.37. The number of thiazole rings is 1. The molecule has 36 heavy (non-hydrogen) atoms. The molecule has 1 aromatic carbocycles. The highest BCUT2D eigenvalue weighted by atomic mass is 32.1. The van der Waals surface area contributed by atoms with E-state index in [9.17, 15) is 23.9 Å². The van der Waals surface area contributed by atoms with Gasteiger partial charge in [-0.1, -0.05) is 23.2 Å². The maximum absolute atomic E-state index is 13.0. The molecule has 0 saturated carbocycles. The van der Waals surface area contributed by atoms with E-state index in [2.05, 4.69) is 15.0 Å². The number of rotatable bonds is 10. The van der Waals surface area contributed by atoms with E-state index in [0.717, 1.165) is 17.4 Å². The fraction of sp³-hybridized carbons (Fsp3) is 0.200. The van der Waals surface area contributed by atoms with Crippen molar-refractivity contribution in [3.05, 3.63) is 86.8 Å². The van der Waals surface area contributed by atoms with Crippen molar-refractivity contribution in [3.63, 3.8) is 0 Å². The van der Waals surface area contributed by atoms with Crippen molar-refractivity contribution in [1.29, 1.82) is 0 Å². The van der Waals surface area contributed by atoms with Crippen LogP contribution in [-0.4, -0.2) is 23.9 Å². The van der Waals surface area contributed by atoms with Crippen LogP contribution >= 0.6 is 11.3 Å². The summed E-state index contributed by atoms with van der Waals surface area (Å²) in [5.74, 6) is -1.49. The van der Waals surface area contributed by atoms with Crippen LogP contribution in [0.5, 0.6) is 16.7 Å². The van der Waals surface area contributed by atoms with Gasteiger partial charge in [-0.05, 0) is 61.7 Å². The topological polar surface area (TPSA) is 131 Å². The average Bonchev–Trinajstić information content (AvgIpc) is 3.27. The molecule has 0 aliphatic heterocycles. The summed E-state index contributed by atoms with van der Waals surface area (Å²) < 4.78 is 48.3. The number of amides is 1. The van der Waals surface area contributed by atoms with Crippen LogP contribution in [-0.2, 0) is 11.2 Å². The molecule has 2 aromatic heterocycles. The Morgan fingerprint density at radius 2 is 2.11 bits per heavy atom. The Balaban J connectivity index is 1.57. The maximum Gasteiger partial charge on any atom is 0.410 e. The molecule has 0 atom stereocenters. The summed E-state index contributed by atoms with van der Waals surface area (Å²) in [5, 5.41) is 14.9. The van der Waals surface area contributed by atoms with Gasteiger partial charge in [-0.15, -0.1) is 0 Å². The van der Waals surface area contributed by atoms with Crippen molar-refractivity contribution in [1.82, 2.24) is 10.3 Å². The number of hydrogen-bond donors (Lipinski definition) is 1. The zero-order valence-electron chi connectivity index (χ0n) is 21.9. The Labute approximate surface area is 213 Å². The number of carbonyl (C=O) groups excluding carboxylic acids is 2. The predicted molar refractivity (Wildman–Crippen MR) is 129 cm³/mol. The lowest BCUT2D eigenvalue weighted by Gasteiger charge is -2.12. The second kappa shape index (κ2) is 12.5. The van der Waals surface area contributed by atoms with Crippen LogP contribution in [0.1, 0.15) is 44.9 Å². The third-order valence-electron chi connectivity index (χ3n) is 4.64. The van der Waals surface area contributed by atoms with Crippen LogP contribution in [0.3, 0.4) is 0 Å². The van der Waals surface area contributed by atoms with Gasteiger partial charge in [-0.25, -0.2) is 19.0 Å². The molecule has 11 heteroatoms. The first-order valence-electron chi connectivity index (χ1n) is 12.0. The highest BCUT2D eigenvalue weighted by molar-refractivity contribution is 7.14. The van der Waals surface area contributed by atoms with Crippen molar-refractivity contribution in [2.24, 2.45) is 0 Å². The number of unbranched alkanes of at least 4 members (excludes halogenated alkanes) is 1. The van der Waals surface area contributed by atoms with Crippen molar-refractivity contribution in [3.8, 4) is 16.7 Å². The lowest BCUT2D eigenvalue weighted by atomic mass is 10.0. The quantitative estimate of drug-likeness (QED) is 0.235. The van der Waals surface area contributed by atoms with Crippen LogP contribution in [0.2, 0.25) is 0 Å². The molecule has 0 fully saturated rings. The average molecular weight is 517 g/mol. The molecule has 1 amide bonds. The van der Waals surface area contributed by atoms with Gasteiger partial charge < -0.3 is 19.0 Å². The van der Waals surface area contributed by atoms with Crippen LogP contribution in [0, 0.1) is 5.82 Å². The van der Waals surface area contributed by atoms with Crippen molar-refractivity contribution in [2.45, 2.75) is 26.2 Å². The second-order valence-electron chi connectivity index (χ2n) is 7.31. The number of aryl methyl sites for hydroxylation is 1. The van der Waals surface area contributed by atoms with Gasteiger partial charge in [0.1, 0.15) is 17.3 Å². The van der Waals surface area contributed by atoms with Gasteiger partial charge >= 0.3 is 11.7 Å². The minimum Gasteiger partial charge on any atom is -0.872 e. The normalized spacial score (nSPS) is 13.1. The third-order valence-corrected chi connectivity index (χ3v) is 5.46. The minimum absolute atomic E-state index is 0.0939. The molecule has 0 unspecified atom stereocenters. The molecule has 0 aliphatic carbocycles. The molecular formula is C25H22FN2O7S-. The second-order valence-corrected chi connectivity index (χ2v) is 8.33. The lowest BCUT2D eigenvalue weighted by Crippen LogP contribution is -2.19. The molecule has 3 rings (SSSR count). The van der Waals surface area contributed by atoms with Gasteiger partial charge in [0.25, 0.3) is 5.19 Å². The van der Waals surface area contributed by atoms with Gasteiger partial charge in [-0.3, -0.25) is 10.1 Å². The number of ketones is 1. The molecule has 1 N–H and O–H groups in total. The van der Waals surface area contributed by atoms with E-state index in [1.165, 1.54) is 55.7 Å². The number of alkyl carbamates (subject to hydrolysis) is 1. The number of ether oxygens (including phenoxy) is 2. The molecule has 3 aromatic rings. The number of Topliss-reactive ketones (excluding diaryl/α,β-unsaturated/α-hetero) is 1. The van der Waals surface area contributed by atoms with Gasteiger partial charge in [-0.2, -0.15) is 0 Å². The summed E-state index contributed by atoms with van der Waals surface area (Å²) >= 11 is 1.11. The number of benzene rings is 1. The Hall–Kier alpha value is -4.25. The van der Waals surface area contributed by atoms with E-state index in [1.54, 1.807) is 0 Å². The van der Waals surface area contributed by atoms with Crippen LogP contribution in [0.4, 0.5) is 9.18 Å². The number of methoxy groups -OCH3 is 1. The molecule has 2 heterocycles. The first kappa shape index (κ1) is 22.2. The van der Waals surface area contributed by atoms with Crippen molar-refractivity contribution in [2.75, 3.05) is 7.04 Å². The maximum atomic E-state index is 13.0. The first-order valence-corrected chi connectivity index (χ1v) is 11.3. The lowest BCUT2D eigenvalue weighted by molar-refractivity contribution is -0.269. The van der Waals surface area contributed by atoms with Crippen LogP contribution in [0.25, 0.3) is 6.08 Å². The zero-order chi connectivity index (χ0) is 28.6. The predicted octanol–water partition coefficient (Wildman–Crippen LogP) is 4.58. The molecular weight excluding hydrogens is 491 g/mol. The van der Waals surface area contributed by atoms with Crippen molar-refractivity contribution < 1.29 is 37.1 Å². The van der Waals surface area contributed by atoms with Crippen molar-refractivity contribution >= 4 is 29.3 Å². The number of carbonyl (C=O) groups is 2. The molecule has 0 spiro atoms. The molecule has 9 nitrogen and oxygen atoms in total. The van der Waals surface area contributed by atoms with Crippen LogP contribution < -0.4 is 20.8 Å². The molecule has 0 radical (unpaired) electrons. The van der Waals surface area contributed by atoms with E-state index in [4.69, 9.17) is 13.3 Å². The Morgan fingerprint density at radius 1 is 1.33 bits per heavy atom. The fourth-order valence-corrected chi connectivity index (χ4v) is 3.73. The summed E-state index contributed by atoms with van der Waals surface area (Å²) in [4.78, 5) is 41.1. The molecule has 0 saturated heterocycles.